The zero-order valence-corrected chi connectivity index (χ0v) is 23.8. The summed E-state index contributed by atoms with van der Waals surface area (Å²) in [6.07, 6.45) is 0. The van der Waals surface area contributed by atoms with Gasteiger partial charge in [-0.05, 0) is 93.4 Å². The van der Waals surface area contributed by atoms with E-state index in [2.05, 4.69) is 171 Å². The minimum atomic E-state index is -0.0585. The fourth-order valence-electron chi connectivity index (χ4n) is 6.41. The molecule has 0 aromatic heterocycles. The van der Waals surface area contributed by atoms with Crippen LogP contribution in [0, 0.1) is 6.92 Å². The maximum atomic E-state index is 2.41. The average Bonchev–Trinajstić information content (AvgIpc) is 3.25. The van der Waals surface area contributed by atoms with E-state index < -0.39 is 0 Å². The van der Waals surface area contributed by atoms with E-state index in [0.29, 0.717) is 0 Å². The van der Waals surface area contributed by atoms with Crippen LogP contribution >= 0.6 is 0 Å². The second-order valence-corrected chi connectivity index (χ2v) is 11.5. The summed E-state index contributed by atoms with van der Waals surface area (Å²) < 4.78 is 0. The largest absolute Gasteiger partial charge is 0.310 e. The molecule has 0 saturated heterocycles. The van der Waals surface area contributed by atoms with Gasteiger partial charge < -0.3 is 4.90 Å². The van der Waals surface area contributed by atoms with E-state index in [1.807, 2.05) is 0 Å². The zero-order valence-electron chi connectivity index (χ0n) is 23.8. The molecule has 0 saturated carbocycles. The number of anilines is 3. The van der Waals surface area contributed by atoms with Crippen molar-refractivity contribution in [3.63, 3.8) is 0 Å². The third kappa shape index (κ3) is 4.35. The van der Waals surface area contributed by atoms with Crippen LogP contribution in [0.4, 0.5) is 17.1 Å². The van der Waals surface area contributed by atoms with Crippen LogP contribution in [-0.2, 0) is 5.41 Å². The molecule has 0 fully saturated rings. The van der Waals surface area contributed by atoms with E-state index in [0.717, 1.165) is 5.69 Å². The molecule has 0 bridgehead atoms. The fourth-order valence-corrected chi connectivity index (χ4v) is 6.41. The van der Waals surface area contributed by atoms with Crippen molar-refractivity contribution in [3.05, 3.63) is 162 Å². The monoisotopic (exact) mass is 527 g/mol. The van der Waals surface area contributed by atoms with Crippen LogP contribution < -0.4 is 4.90 Å². The SMILES string of the molecule is Cc1cc(-c2ccccc2)ccc1N(c1ccc(-c2ccccc2)cc1)c1ccc2c(c1)C(C)(C)c1ccccc1-2. The van der Waals surface area contributed by atoms with Crippen molar-refractivity contribution >= 4 is 17.1 Å². The highest BCUT2D eigenvalue weighted by molar-refractivity contribution is 5.87. The van der Waals surface area contributed by atoms with Crippen LogP contribution in [0.15, 0.2) is 146 Å². The number of rotatable bonds is 5. The smallest absolute Gasteiger partial charge is 0.0491 e. The van der Waals surface area contributed by atoms with E-state index in [4.69, 9.17) is 0 Å². The molecule has 0 N–H and O–H groups in total. The lowest BCUT2D eigenvalue weighted by molar-refractivity contribution is 0.660. The summed E-state index contributed by atoms with van der Waals surface area (Å²) in [6, 6.07) is 52.9. The van der Waals surface area contributed by atoms with Crippen molar-refractivity contribution in [2.45, 2.75) is 26.2 Å². The quantitative estimate of drug-likeness (QED) is 0.215. The predicted molar refractivity (Wildman–Crippen MR) is 174 cm³/mol. The Balaban J connectivity index is 1.37. The molecule has 6 aromatic rings. The van der Waals surface area contributed by atoms with Crippen LogP contribution in [0.1, 0.15) is 30.5 Å². The summed E-state index contributed by atoms with van der Waals surface area (Å²) in [6.45, 7) is 6.92. The lowest BCUT2D eigenvalue weighted by atomic mass is 9.82. The minimum absolute atomic E-state index is 0.0585. The van der Waals surface area contributed by atoms with Crippen LogP contribution in [-0.4, -0.2) is 0 Å². The van der Waals surface area contributed by atoms with E-state index >= 15 is 0 Å². The molecule has 6 aromatic carbocycles. The summed E-state index contributed by atoms with van der Waals surface area (Å²) in [7, 11) is 0. The van der Waals surface area contributed by atoms with Gasteiger partial charge in [0.2, 0.25) is 0 Å². The summed E-state index contributed by atoms with van der Waals surface area (Å²) >= 11 is 0. The first-order chi connectivity index (χ1) is 20.0. The Morgan fingerprint density at radius 2 is 0.976 bits per heavy atom. The minimum Gasteiger partial charge on any atom is -0.310 e. The van der Waals surface area contributed by atoms with Crippen molar-refractivity contribution in [1.29, 1.82) is 0 Å². The van der Waals surface area contributed by atoms with Crippen LogP contribution in [0.5, 0.6) is 0 Å². The molecular weight excluding hydrogens is 494 g/mol. The lowest BCUT2D eigenvalue weighted by Crippen LogP contribution is -2.17. The molecule has 0 heterocycles. The van der Waals surface area contributed by atoms with E-state index in [1.54, 1.807) is 0 Å². The Morgan fingerprint density at radius 3 is 1.66 bits per heavy atom. The molecule has 7 rings (SSSR count). The first-order valence-electron chi connectivity index (χ1n) is 14.4. The van der Waals surface area contributed by atoms with E-state index in [9.17, 15) is 0 Å². The Kier molecular flexibility index (Phi) is 6.09. The van der Waals surface area contributed by atoms with Gasteiger partial charge in [-0.3, -0.25) is 0 Å². The Morgan fingerprint density at radius 1 is 0.439 bits per heavy atom. The molecule has 1 heteroatoms. The van der Waals surface area contributed by atoms with Gasteiger partial charge in [0, 0.05) is 22.5 Å². The van der Waals surface area contributed by atoms with Crippen LogP contribution in [0.3, 0.4) is 0 Å². The number of hydrogen-bond acceptors (Lipinski definition) is 1. The van der Waals surface area contributed by atoms with Crippen LogP contribution in [0.25, 0.3) is 33.4 Å². The van der Waals surface area contributed by atoms with Gasteiger partial charge in [0.05, 0.1) is 0 Å². The molecule has 1 nitrogen and oxygen atoms in total. The average molecular weight is 528 g/mol. The number of hydrogen-bond donors (Lipinski definition) is 0. The van der Waals surface area contributed by atoms with Gasteiger partial charge in [-0.1, -0.05) is 123 Å². The lowest BCUT2D eigenvalue weighted by Gasteiger charge is -2.29. The summed E-state index contributed by atoms with van der Waals surface area (Å²) in [5, 5.41) is 0. The first-order valence-corrected chi connectivity index (χ1v) is 14.4. The predicted octanol–water partition coefficient (Wildman–Crippen LogP) is 11.1. The normalized spacial score (nSPS) is 13.0. The first kappa shape index (κ1) is 25.1. The molecule has 0 aliphatic heterocycles. The van der Waals surface area contributed by atoms with Gasteiger partial charge in [0.15, 0.2) is 0 Å². The number of fused-ring (bicyclic) bond motifs is 3. The highest BCUT2D eigenvalue weighted by Crippen LogP contribution is 2.50. The number of aryl methyl sites for hydroxylation is 1. The van der Waals surface area contributed by atoms with Crippen molar-refractivity contribution in [2.75, 3.05) is 4.90 Å². The zero-order chi connectivity index (χ0) is 28.0. The summed E-state index contributed by atoms with van der Waals surface area (Å²) in [4.78, 5) is 2.41. The Labute approximate surface area is 243 Å². The molecule has 41 heavy (non-hydrogen) atoms. The molecular formula is C40H33N. The molecule has 0 spiro atoms. The number of nitrogens with zero attached hydrogens (tertiary/aromatic N) is 1. The highest BCUT2D eigenvalue weighted by Gasteiger charge is 2.35. The van der Waals surface area contributed by atoms with Crippen molar-refractivity contribution in [2.24, 2.45) is 0 Å². The summed E-state index contributed by atoms with van der Waals surface area (Å²) in [5.41, 5.74) is 15.1. The molecule has 0 atom stereocenters. The van der Waals surface area contributed by atoms with Gasteiger partial charge in [-0.15, -0.1) is 0 Å². The highest BCUT2D eigenvalue weighted by atomic mass is 15.1. The van der Waals surface area contributed by atoms with Crippen molar-refractivity contribution < 1.29 is 0 Å². The van der Waals surface area contributed by atoms with Gasteiger partial charge in [-0.25, -0.2) is 0 Å². The molecule has 1 aliphatic rings. The molecule has 0 amide bonds. The maximum absolute atomic E-state index is 2.41. The maximum Gasteiger partial charge on any atom is 0.0491 e. The van der Waals surface area contributed by atoms with Crippen molar-refractivity contribution in [3.8, 4) is 33.4 Å². The summed E-state index contributed by atoms with van der Waals surface area (Å²) in [5.74, 6) is 0. The van der Waals surface area contributed by atoms with Gasteiger partial charge in [-0.2, -0.15) is 0 Å². The topological polar surface area (TPSA) is 3.24 Å². The van der Waals surface area contributed by atoms with Gasteiger partial charge in [0.25, 0.3) is 0 Å². The molecule has 0 radical (unpaired) electrons. The van der Waals surface area contributed by atoms with Gasteiger partial charge >= 0.3 is 0 Å². The van der Waals surface area contributed by atoms with E-state index in [-0.39, 0.29) is 5.41 Å². The number of benzene rings is 6. The molecule has 0 unspecified atom stereocenters. The standard InChI is InChI=1S/C40H33N/c1-28-26-32(30-14-8-5-9-15-30)20-25-39(28)41(33-21-18-31(19-22-33)29-12-6-4-7-13-29)34-23-24-36-35-16-10-11-17-37(35)40(2,3)38(36)27-34/h4-27H,1-3H3. The Hall–Kier alpha value is -4.88. The molecule has 198 valence electrons. The van der Waals surface area contributed by atoms with Crippen molar-refractivity contribution in [1.82, 2.24) is 0 Å². The van der Waals surface area contributed by atoms with Crippen LogP contribution in [0.2, 0.25) is 0 Å². The van der Waals surface area contributed by atoms with E-state index in [1.165, 1.54) is 61.4 Å². The second-order valence-electron chi connectivity index (χ2n) is 11.5. The van der Waals surface area contributed by atoms with Gasteiger partial charge in [0.1, 0.15) is 0 Å². The fraction of sp³-hybridized carbons (Fsp3) is 0.100. The third-order valence-electron chi connectivity index (χ3n) is 8.60. The third-order valence-corrected chi connectivity index (χ3v) is 8.60. The Bertz CT molecular complexity index is 1850. The molecule has 1 aliphatic carbocycles. The second kappa shape index (κ2) is 9.94.